The molecular formula is C15H19N3O2. The van der Waals surface area contributed by atoms with Crippen molar-refractivity contribution < 1.29 is 4.74 Å². The zero-order valence-corrected chi connectivity index (χ0v) is 11.7. The summed E-state index contributed by atoms with van der Waals surface area (Å²) in [5, 5.41) is 0. The first kappa shape index (κ1) is 14.3. The van der Waals surface area contributed by atoms with Crippen LogP contribution in [-0.2, 0) is 0 Å². The summed E-state index contributed by atoms with van der Waals surface area (Å²) in [5.41, 5.74) is 6.98. The van der Waals surface area contributed by atoms with Crippen molar-refractivity contribution in [1.82, 2.24) is 9.97 Å². The van der Waals surface area contributed by atoms with Crippen molar-refractivity contribution in [2.24, 2.45) is 5.73 Å². The van der Waals surface area contributed by atoms with Gasteiger partial charge in [-0.2, -0.15) is 0 Å². The topological polar surface area (TPSA) is 81.0 Å². The maximum Gasteiger partial charge on any atom is 0.251 e. The van der Waals surface area contributed by atoms with Gasteiger partial charge in [0.05, 0.1) is 12.3 Å². The largest absolute Gasteiger partial charge is 0.494 e. The van der Waals surface area contributed by atoms with Crippen LogP contribution < -0.4 is 16.0 Å². The molecule has 0 amide bonds. The average molecular weight is 273 g/mol. The molecule has 3 N–H and O–H groups in total. The van der Waals surface area contributed by atoms with Crippen LogP contribution in [-0.4, -0.2) is 16.6 Å². The van der Waals surface area contributed by atoms with E-state index in [-0.39, 0.29) is 11.6 Å². The van der Waals surface area contributed by atoms with Crippen LogP contribution in [0.25, 0.3) is 11.4 Å². The number of hydrogen-bond donors (Lipinski definition) is 2. The van der Waals surface area contributed by atoms with Crippen LogP contribution in [0.1, 0.15) is 32.0 Å². The van der Waals surface area contributed by atoms with Crippen molar-refractivity contribution in [1.29, 1.82) is 0 Å². The van der Waals surface area contributed by atoms with Gasteiger partial charge in [-0.1, -0.05) is 6.92 Å². The molecule has 0 saturated carbocycles. The van der Waals surface area contributed by atoms with Crippen molar-refractivity contribution in [2.75, 3.05) is 6.61 Å². The third-order valence-corrected chi connectivity index (χ3v) is 2.83. The summed E-state index contributed by atoms with van der Waals surface area (Å²) < 4.78 is 5.52. The Kier molecular flexibility index (Phi) is 4.53. The normalized spacial score (nSPS) is 12.2. The minimum absolute atomic E-state index is 0.200. The molecule has 2 aromatic rings. The van der Waals surface area contributed by atoms with Gasteiger partial charge in [0.25, 0.3) is 5.56 Å². The Morgan fingerprint density at radius 2 is 2.05 bits per heavy atom. The number of aromatic amines is 1. The molecular weight excluding hydrogens is 254 g/mol. The zero-order chi connectivity index (χ0) is 14.5. The van der Waals surface area contributed by atoms with Crippen LogP contribution in [0.15, 0.2) is 35.1 Å². The SMILES string of the molecule is CCCOc1ccc(-c2nc(C(C)N)cc(=O)[nH]2)cc1. The van der Waals surface area contributed by atoms with E-state index in [0.29, 0.717) is 18.1 Å². The Morgan fingerprint density at radius 1 is 1.35 bits per heavy atom. The van der Waals surface area contributed by atoms with Crippen LogP contribution >= 0.6 is 0 Å². The highest BCUT2D eigenvalue weighted by Gasteiger charge is 2.07. The minimum Gasteiger partial charge on any atom is -0.494 e. The smallest absolute Gasteiger partial charge is 0.251 e. The molecule has 0 aliphatic rings. The first-order chi connectivity index (χ1) is 9.60. The van der Waals surface area contributed by atoms with E-state index < -0.39 is 0 Å². The molecule has 0 spiro atoms. The van der Waals surface area contributed by atoms with E-state index >= 15 is 0 Å². The number of nitrogens with two attached hydrogens (primary N) is 1. The predicted octanol–water partition coefficient (Wildman–Crippen LogP) is 2.25. The Morgan fingerprint density at radius 3 is 2.65 bits per heavy atom. The molecule has 2 rings (SSSR count). The molecule has 1 aromatic heterocycles. The summed E-state index contributed by atoms with van der Waals surface area (Å²) in [6, 6.07) is 8.62. The standard InChI is InChI=1S/C15H19N3O2/c1-3-8-20-12-6-4-11(5-7-12)15-17-13(10(2)16)9-14(19)18-15/h4-7,9-10H,3,8,16H2,1-2H3,(H,17,18,19). The van der Waals surface area contributed by atoms with Crippen LogP contribution in [0.5, 0.6) is 5.75 Å². The number of aromatic nitrogens is 2. The molecule has 0 saturated heterocycles. The van der Waals surface area contributed by atoms with Gasteiger partial charge in [-0.05, 0) is 37.6 Å². The second-order valence-electron chi connectivity index (χ2n) is 4.68. The van der Waals surface area contributed by atoms with Crippen molar-refractivity contribution >= 4 is 0 Å². The maximum absolute atomic E-state index is 11.6. The summed E-state index contributed by atoms with van der Waals surface area (Å²) in [6.07, 6.45) is 0.965. The number of nitrogens with one attached hydrogen (secondary N) is 1. The molecule has 5 heteroatoms. The molecule has 20 heavy (non-hydrogen) atoms. The summed E-state index contributed by atoms with van der Waals surface area (Å²) >= 11 is 0. The van der Waals surface area contributed by atoms with E-state index in [1.54, 1.807) is 6.92 Å². The zero-order valence-electron chi connectivity index (χ0n) is 11.7. The first-order valence-electron chi connectivity index (χ1n) is 6.70. The molecule has 106 valence electrons. The fourth-order valence-corrected chi connectivity index (χ4v) is 1.78. The number of H-pyrrole nitrogens is 1. The number of nitrogens with zero attached hydrogens (tertiary/aromatic N) is 1. The summed E-state index contributed by atoms with van der Waals surface area (Å²) in [4.78, 5) is 18.7. The van der Waals surface area contributed by atoms with Gasteiger partial charge in [-0.15, -0.1) is 0 Å². The lowest BCUT2D eigenvalue weighted by Crippen LogP contribution is -2.15. The fourth-order valence-electron chi connectivity index (χ4n) is 1.78. The van der Waals surface area contributed by atoms with Crippen LogP contribution in [0.4, 0.5) is 0 Å². The highest BCUT2D eigenvalue weighted by atomic mass is 16.5. The van der Waals surface area contributed by atoms with E-state index in [9.17, 15) is 4.79 Å². The quantitative estimate of drug-likeness (QED) is 0.875. The third kappa shape index (κ3) is 3.45. The van der Waals surface area contributed by atoms with Crippen LogP contribution in [0.3, 0.4) is 0 Å². The van der Waals surface area contributed by atoms with Gasteiger partial charge < -0.3 is 15.5 Å². The van der Waals surface area contributed by atoms with Gasteiger partial charge in [0.2, 0.25) is 0 Å². The van der Waals surface area contributed by atoms with E-state index in [1.165, 1.54) is 6.07 Å². The van der Waals surface area contributed by atoms with Crippen LogP contribution in [0.2, 0.25) is 0 Å². The van der Waals surface area contributed by atoms with Crippen molar-refractivity contribution in [3.05, 3.63) is 46.4 Å². The van der Waals surface area contributed by atoms with Gasteiger partial charge in [0.1, 0.15) is 11.6 Å². The molecule has 1 aromatic carbocycles. The Balaban J connectivity index is 2.29. The number of ether oxygens (including phenoxy) is 1. The molecule has 5 nitrogen and oxygen atoms in total. The first-order valence-corrected chi connectivity index (χ1v) is 6.70. The molecule has 1 atom stereocenters. The second kappa shape index (κ2) is 6.34. The number of benzene rings is 1. The lowest BCUT2D eigenvalue weighted by molar-refractivity contribution is 0.317. The maximum atomic E-state index is 11.6. The lowest BCUT2D eigenvalue weighted by Gasteiger charge is -2.08. The minimum atomic E-state index is -0.275. The summed E-state index contributed by atoms with van der Waals surface area (Å²) in [7, 11) is 0. The monoisotopic (exact) mass is 273 g/mol. The van der Waals surface area contributed by atoms with Gasteiger partial charge in [-0.25, -0.2) is 4.98 Å². The highest BCUT2D eigenvalue weighted by Crippen LogP contribution is 2.19. The van der Waals surface area contributed by atoms with Gasteiger partial charge in [0.15, 0.2) is 0 Å². The van der Waals surface area contributed by atoms with Crippen LogP contribution in [0, 0.1) is 0 Å². The number of hydrogen-bond acceptors (Lipinski definition) is 4. The molecule has 0 radical (unpaired) electrons. The third-order valence-electron chi connectivity index (χ3n) is 2.83. The van der Waals surface area contributed by atoms with E-state index in [0.717, 1.165) is 17.7 Å². The van der Waals surface area contributed by atoms with E-state index in [1.807, 2.05) is 24.3 Å². The fraction of sp³-hybridized carbons (Fsp3) is 0.333. The summed E-state index contributed by atoms with van der Waals surface area (Å²) in [6.45, 7) is 4.55. The van der Waals surface area contributed by atoms with E-state index in [4.69, 9.17) is 10.5 Å². The Bertz CT molecular complexity index is 618. The predicted molar refractivity (Wildman–Crippen MR) is 78.7 cm³/mol. The second-order valence-corrected chi connectivity index (χ2v) is 4.68. The van der Waals surface area contributed by atoms with Crippen molar-refractivity contribution in [3.63, 3.8) is 0 Å². The van der Waals surface area contributed by atoms with Crippen molar-refractivity contribution in [2.45, 2.75) is 26.3 Å². The molecule has 0 bridgehead atoms. The summed E-state index contributed by atoms with van der Waals surface area (Å²) in [5.74, 6) is 1.33. The van der Waals surface area contributed by atoms with Gasteiger partial charge >= 0.3 is 0 Å². The lowest BCUT2D eigenvalue weighted by atomic mass is 10.2. The Labute approximate surface area is 117 Å². The highest BCUT2D eigenvalue weighted by molar-refractivity contribution is 5.56. The van der Waals surface area contributed by atoms with Gasteiger partial charge in [0, 0.05) is 17.7 Å². The molecule has 1 heterocycles. The molecule has 0 aliphatic heterocycles. The number of rotatable bonds is 5. The molecule has 1 unspecified atom stereocenters. The van der Waals surface area contributed by atoms with Crippen molar-refractivity contribution in [3.8, 4) is 17.1 Å². The molecule has 0 aliphatic carbocycles. The average Bonchev–Trinajstić information content (AvgIpc) is 2.45. The Hall–Kier alpha value is -2.14. The van der Waals surface area contributed by atoms with E-state index in [2.05, 4.69) is 16.9 Å². The molecule has 0 fully saturated rings. The van der Waals surface area contributed by atoms with Gasteiger partial charge in [-0.3, -0.25) is 4.79 Å².